The monoisotopic (exact) mass is 251 g/mol. The molecule has 1 aromatic carbocycles. The number of aliphatic hydroxyl groups is 1. The average Bonchev–Trinajstić information content (AvgIpc) is 2.39. The van der Waals surface area contributed by atoms with Crippen LogP contribution in [0.3, 0.4) is 0 Å². The molecule has 18 heavy (non-hydrogen) atoms. The highest BCUT2D eigenvalue weighted by Gasteiger charge is 2.12. The van der Waals surface area contributed by atoms with Crippen LogP contribution in [-0.2, 0) is 12.8 Å². The van der Waals surface area contributed by atoms with Gasteiger partial charge in [-0.3, -0.25) is 0 Å². The minimum Gasteiger partial charge on any atom is -0.488 e. The minimum absolute atomic E-state index is 0.0385. The molecule has 0 radical (unpaired) electrons. The molecule has 0 aromatic heterocycles. The topological polar surface area (TPSA) is 55.5 Å². The van der Waals surface area contributed by atoms with Gasteiger partial charge in [0.2, 0.25) is 0 Å². The van der Waals surface area contributed by atoms with E-state index in [2.05, 4.69) is 25.1 Å². The maximum atomic E-state index is 9.14. The molecule has 0 saturated heterocycles. The number of aryl methyl sites for hydroxylation is 2. The lowest BCUT2D eigenvalue weighted by Gasteiger charge is -2.19. The van der Waals surface area contributed by atoms with Gasteiger partial charge in [-0.05, 0) is 43.9 Å². The van der Waals surface area contributed by atoms with Gasteiger partial charge in [0.15, 0.2) is 0 Å². The van der Waals surface area contributed by atoms with E-state index in [4.69, 9.17) is 15.6 Å². The number of nitrogens with two attached hydrogens (primary N) is 1. The van der Waals surface area contributed by atoms with Gasteiger partial charge < -0.3 is 15.6 Å². The number of para-hydroxylation sites is 1. The Bertz CT molecular complexity index is 352. The van der Waals surface area contributed by atoms with E-state index in [0.29, 0.717) is 6.54 Å². The second kappa shape index (κ2) is 8.11. The largest absolute Gasteiger partial charge is 0.488 e. The smallest absolute Gasteiger partial charge is 0.126 e. The molecule has 1 atom stereocenters. The molecule has 0 spiro atoms. The van der Waals surface area contributed by atoms with Gasteiger partial charge in [0.1, 0.15) is 11.9 Å². The van der Waals surface area contributed by atoms with Crippen LogP contribution in [0.5, 0.6) is 5.75 Å². The highest BCUT2D eigenvalue weighted by Crippen LogP contribution is 2.27. The van der Waals surface area contributed by atoms with Crippen molar-refractivity contribution in [3.05, 3.63) is 29.3 Å². The molecule has 0 fully saturated rings. The van der Waals surface area contributed by atoms with E-state index in [9.17, 15) is 0 Å². The van der Waals surface area contributed by atoms with Gasteiger partial charge in [-0.25, -0.2) is 0 Å². The van der Waals surface area contributed by atoms with Gasteiger partial charge in [-0.15, -0.1) is 0 Å². The Morgan fingerprint density at radius 1 is 1.28 bits per heavy atom. The molecule has 0 bridgehead atoms. The van der Waals surface area contributed by atoms with Crippen LogP contribution < -0.4 is 10.5 Å². The Hall–Kier alpha value is -1.06. The molecule has 1 aromatic rings. The number of benzene rings is 1. The molecular weight excluding hydrogens is 226 g/mol. The van der Waals surface area contributed by atoms with Crippen molar-refractivity contribution < 1.29 is 9.84 Å². The number of ether oxygens (including phenoxy) is 1. The first-order chi connectivity index (χ1) is 8.72. The van der Waals surface area contributed by atoms with Crippen molar-refractivity contribution in [2.24, 2.45) is 5.73 Å². The van der Waals surface area contributed by atoms with Crippen LogP contribution in [0.1, 0.15) is 37.8 Å². The number of hydrogen-bond acceptors (Lipinski definition) is 3. The summed E-state index contributed by atoms with van der Waals surface area (Å²) < 4.78 is 5.88. The van der Waals surface area contributed by atoms with Crippen molar-refractivity contribution in [2.75, 3.05) is 13.2 Å². The van der Waals surface area contributed by atoms with Crippen LogP contribution in [0.2, 0.25) is 0 Å². The third-order valence-corrected chi connectivity index (χ3v) is 2.92. The maximum Gasteiger partial charge on any atom is 0.126 e. The summed E-state index contributed by atoms with van der Waals surface area (Å²) >= 11 is 0. The molecule has 0 aliphatic heterocycles. The second-order valence-corrected chi connectivity index (χ2v) is 4.66. The van der Waals surface area contributed by atoms with Gasteiger partial charge in [-0.2, -0.15) is 0 Å². The second-order valence-electron chi connectivity index (χ2n) is 4.66. The first-order valence-corrected chi connectivity index (χ1v) is 6.81. The van der Waals surface area contributed by atoms with Gasteiger partial charge in [0, 0.05) is 0 Å². The molecule has 1 rings (SSSR count). The maximum absolute atomic E-state index is 9.14. The number of rotatable bonds is 8. The molecular formula is C15H25NO2. The van der Waals surface area contributed by atoms with Crippen molar-refractivity contribution in [3.63, 3.8) is 0 Å². The van der Waals surface area contributed by atoms with Crippen LogP contribution in [0.25, 0.3) is 0 Å². The SMILES string of the molecule is CCCc1cccc(CCCN)c1OC(C)CO. The van der Waals surface area contributed by atoms with E-state index in [-0.39, 0.29) is 12.7 Å². The van der Waals surface area contributed by atoms with Crippen LogP contribution in [0, 0.1) is 0 Å². The van der Waals surface area contributed by atoms with E-state index in [1.54, 1.807) is 0 Å². The van der Waals surface area contributed by atoms with E-state index in [1.165, 1.54) is 11.1 Å². The lowest BCUT2D eigenvalue weighted by molar-refractivity contribution is 0.127. The fraction of sp³-hybridized carbons (Fsp3) is 0.600. The Labute approximate surface area is 110 Å². The summed E-state index contributed by atoms with van der Waals surface area (Å²) in [5.74, 6) is 0.953. The lowest BCUT2D eigenvalue weighted by Crippen LogP contribution is -2.18. The molecule has 3 N–H and O–H groups in total. The van der Waals surface area contributed by atoms with Crippen LogP contribution in [0.4, 0.5) is 0 Å². The Morgan fingerprint density at radius 3 is 2.50 bits per heavy atom. The zero-order valence-electron chi connectivity index (χ0n) is 11.5. The Kier molecular flexibility index (Phi) is 6.76. The number of aliphatic hydroxyl groups excluding tert-OH is 1. The normalized spacial score (nSPS) is 12.4. The summed E-state index contributed by atoms with van der Waals surface area (Å²) in [6.45, 7) is 4.77. The Morgan fingerprint density at radius 2 is 1.94 bits per heavy atom. The van der Waals surface area contributed by atoms with E-state index >= 15 is 0 Å². The Balaban J connectivity index is 2.95. The van der Waals surface area contributed by atoms with Crippen LogP contribution >= 0.6 is 0 Å². The zero-order valence-corrected chi connectivity index (χ0v) is 11.5. The molecule has 102 valence electrons. The van der Waals surface area contributed by atoms with E-state index < -0.39 is 0 Å². The predicted octanol–water partition coefficient (Wildman–Crippen LogP) is 2.29. The summed E-state index contributed by atoms with van der Waals surface area (Å²) in [5.41, 5.74) is 8.00. The molecule has 1 unspecified atom stereocenters. The van der Waals surface area contributed by atoms with Crippen LogP contribution in [-0.4, -0.2) is 24.4 Å². The van der Waals surface area contributed by atoms with Gasteiger partial charge in [0.25, 0.3) is 0 Å². The summed E-state index contributed by atoms with van der Waals surface area (Å²) in [4.78, 5) is 0. The summed E-state index contributed by atoms with van der Waals surface area (Å²) in [6.07, 6.45) is 3.81. The first kappa shape index (κ1) is 15.0. The fourth-order valence-corrected chi connectivity index (χ4v) is 1.98. The third kappa shape index (κ3) is 4.31. The van der Waals surface area contributed by atoms with Gasteiger partial charge in [0.05, 0.1) is 6.61 Å². The van der Waals surface area contributed by atoms with Crippen molar-refractivity contribution in [1.82, 2.24) is 0 Å². The van der Waals surface area contributed by atoms with Crippen molar-refractivity contribution in [3.8, 4) is 5.75 Å². The molecule has 3 heteroatoms. The molecule has 3 nitrogen and oxygen atoms in total. The molecule has 0 amide bonds. The molecule has 0 saturated carbocycles. The fourth-order valence-electron chi connectivity index (χ4n) is 1.98. The highest BCUT2D eigenvalue weighted by atomic mass is 16.5. The van der Waals surface area contributed by atoms with Crippen molar-refractivity contribution >= 4 is 0 Å². The minimum atomic E-state index is -0.167. The summed E-state index contributed by atoms with van der Waals surface area (Å²) in [7, 11) is 0. The van der Waals surface area contributed by atoms with E-state index in [1.807, 2.05) is 6.92 Å². The lowest BCUT2D eigenvalue weighted by atomic mass is 10.0. The van der Waals surface area contributed by atoms with Crippen molar-refractivity contribution in [1.29, 1.82) is 0 Å². The van der Waals surface area contributed by atoms with Crippen LogP contribution in [0.15, 0.2) is 18.2 Å². The van der Waals surface area contributed by atoms with Gasteiger partial charge in [-0.1, -0.05) is 31.5 Å². The predicted molar refractivity (Wildman–Crippen MR) is 75.0 cm³/mol. The summed E-state index contributed by atoms with van der Waals surface area (Å²) in [5, 5.41) is 9.14. The quantitative estimate of drug-likeness (QED) is 0.745. The average molecular weight is 251 g/mol. The summed E-state index contributed by atoms with van der Waals surface area (Å²) in [6, 6.07) is 6.27. The molecule has 0 aliphatic carbocycles. The standard InChI is InChI=1S/C15H25NO2/c1-3-6-13-7-4-8-14(9-5-10-16)15(13)18-12(2)11-17/h4,7-8,12,17H,3,5-6,9-11,16H2,1-2H3. The molecule has 0 aliphatic rings. The highest BCUT2D eigenvalue weighted by molar-refractivity contribution is 5.42. The van der Waals surface area contributed by atoms with Gasteiger partial charge >= 0.3 is 0 Å². The first-order valence-electron chi connectivity index (χ1n) is 6.81. The third-order valence-electron chi connectivity index (χ3n) is 2.92. The van der Waals surface area contributed by atoms with Crippen molar-refractivity contribution in [2.45, 2.75) is 45.6 Å². The zero-order chi connectivity index (χ0) is 13.4. The van der Waals surface area contributed by atoms with E-state index in [0.717, 1.165) is 31.4 Å². The number of hydrogen-bond donors (Lipinski definition) is 2. The molecule has 0 heterocycles.